The zero-order valence-electron chi connectivity index (χ0n) is 13.3. The van der Waals surface area contributed by atoms with Crippen molar-refractivity contribution in [2.24, 2.45) is 5.92 Å². The third-order valence-electron chi connectivity index (χ3n) is 4.36. The molecule has 118 valence electrons. The van der Waals surface area contributed by atoms with Gasteiger partial charge in [-0.05, 0) is 39.8 Å². The summed E-state index contributed by atoms with van der Waals surface area (Å²) < 4.78 is 0. The van der Waals surface area contributed by atoms with E-state index in [-0.39, 0.29) is 12.6 Å². The fourth-order valence-corrected chi connectivity index (χ4v) is 3.12. The number of nitrogens with one attached hydrogen (secondary N) is 1. The highest BCUT2D eigenvalue weighted by molar-refractivity contribution is 5.74. The molecule has 0 aromatic heterocycles. The predicted octanol–water partition coefficient (Wildman–Crippen LogP) is 1.52. The summed E-state index contributed by atoms with van der Waals surface area (Å²) >= 11 is 0. The molecule has 0 heterocycles. The van der Waals surface area contributed by atoms with Gasteiger partial charge >= 0.3 is 6.03 Å². The second-order valence-corrected chi connectivity index (χ2v) is 5.92. The molecule has 0 saturated heterocycles. The zero-order chi connectivity index (χ0) is 15.0. The topological polar surface area (TPSA) is 55.8 Å². The van der Waals surface area contributed by atoms with Gasteiger partial charge in [0.25, 0.3) is 0 Å². The molecule has 1 aliphatic carbocycles. The van der Waals surface area contributed by atoms with E-state index < -0.39 is 0 Å². The summed E-state index contributed by atoms with van der Waals surface area (Å²) in [5.74, 6) is 0.687. The lowest BCUT2D eigenvalue weighted by molar-refractivity contribution is 0.154. The van der Waals surface area contributed by atoms with Crippen LogP contribution in [0.3, 0.4) is 0 Å². The monoisotopic (exact) mass is 285 g/mol. The van der Waals surface area contributed by atoms with Crippen molar-refractivity contribution >= 4 is 6.03 Å². The third-order valence-corrected chi connectivity index (χ3v) is 4.36. The van der Waals surface area contributed by atoms with E-state index in [9.17, 15) is 4.79 Å². The maximum absolute atomic E-state index is 12.1. The van der Waals surface area contributed by atoms with Crippen molar-refractivity contribution in [2.75, 3.05) is 40.3 Å². The fourth-order valence-electron chi connectivity index (χ4n) is 3.12. The van der Waals surface area contributed by atoms with Crippen molar-refractivity contribution in [2.45, 2.75) is 45.1 Å². The summed E-state index contributed by atoms with van der Waals surface area (Å²) in [6, 6.07) is 0.344. The minimum absolute atomic E-state index is 0.0149. The number of carbonyl (C=O) groups is 1. The molecule has 2 N–H and O–H groups in total. The third kappa shape index (κ3) is 5.29. The van der Waals surface area contributed by atoms with Gasteiger partial charge in [-0.3, -0.25) is 0 Å². The van der Waals surface area contributed by atoms with Gasteiger partial charge in [0.05, 0.1) is 6.61 Å². The molecule has 0 bridgehead atoms. The van der Waals surface area contributed by atoms with Crippen LogP contribution in [0.15, 0.2) is 0 Å². The number of amides is 2. The summed E-state index contributed by atoms with van der Waals surface area (Å²) in [5, 5.41) is 12.0. The van der Waals surface area contributed by atoms with Gasteiger partial charge in [-0.1, -0.05) is 19.3 Å². The van der Waals surface area contributed by atoms with Crippen molar-refractivity contribution < 1.29 is 9.90 Å². The molecule has 5 heteroatoms. The molecular formula is C15H31N3O2. The second-order valence-electron chi connectivity index (χ2n) is 5.92. The molecule has 1 rings (SSSR count). The number of aliphatic hydroxyl groups excluding tert-OH is 1. The first-order chi connectivity index (χ1) is 9.60. The van der Waals surface area contributed by atoms with Crippen LogP contribution in [0.2, 0.25) is 0 Å². The van der Waals surface area contributed by atoms with Crippen molar-refractivity contribution in [3.8, 4) is 0 Å². The molecule has 0 aromatic carbocycles. The summed E-state index contributed by atoms with van der Waals surface area (Å²) in [4.78, 5) is 15.9. The Hall–Kier alpha value is -0.810. The predicted molar refractivity (Wildman–Crippen MR) is 81.8 cm³/mol. The van der Waals surface area contributed by atoms with Gasteiger partial charge < -0.3 is 20.2 Å². The van der Waals surface area contributed by atoms with Gasteiger partial charge in [-0.15, -0.1) is 0 Å². The SMILES string of the molecule is CCN(CCO)C(=O)NCC(C1CCCCC1)N(C)C. The van der Waals surface area contributed by atoms with Crippen molar-refractivity contribution in [1.82, 2.24) is 15.1 Å². The number of hydrogen-bond acceptors (Lipinski definition) is 3. The number of rotatable bonds is 7. The van der Waals surface area contributed by atoms with Crippen molar-refractivity contribution in [3.63, 3.8) is 0 Å². The molecule has 1 saturated carbocycles. The fraction of sp³-hybridized carbons (Fsp3) is 0.933. The van der Waals surface area contributed by atoms with Crippen LogP contribution in [0.25, 0.3) is 0 Å². The van der Waals surface area contributed by atoms with Gasteiger partial charge in [0.1, 0.15) is 0 Å². The Kier molecular flexibility index (Phi) is 7.92. The van der Waals surface area contributed by atoms with E-state index in [0.717, 1.165) is 0 Å². The van der Waals surface area contributed by atoms with Crippen LogP contribution in [-0.4, -0.2) is 67.3 Å². The Morgan fingerprint density at radius 2 is 1.95 bits per heavy atom. The molecule has 1 atom stereocenters. The Balaban J connectivity index is 2.47. The lowest BCUT2D eigenvalue weighted by Crippen LogP contribution is -2.49. The van der Waals surface area contributed by atoms with Crippen LogP contribution >= 0.6 is 0 Å². The molecule has 0 radical (unpaired) electrons. The van der Waals surface area contributed by atoms with E-state index in [1.165, 1.54) is 32.1 Å². The van der Waals surface area contributed by atoms with E-state index >= 15 is 0 Å². The first kappa shape index (κ1) is 17.2. The largest absolute Gasteiger partial charge is 0.395 e. The number of urea groups is 1. The van der Waals surface area contributed by atoms with Gasteiger partial charge in [0.2, 0.25) is 0 Å². The molecule has 1 fully saturated rings. The number of aliphatic hydroxyl groups is 1. The standard InChI is InChI=1S/C15H31N3O2/c1-4-18(10-11-19)15(20)16-12-14(17(2)3)13-8-6-5-7-9-13/h13-14,19H,4-12H2,1-3H3,(H,16,20). The molecule has 1 unspecified atom stereocenters. The van der Waals surface area contributed by atoms with Crippen LogP contribution in [0.4, 0.5) is 4.79 Å². The van der Waals surface area contributed by atoms with Crippen LogP contribution < -0.4 is 5.32 Å². The molecule has 5 nitrogen and oxygen atoms in total. The van der Waals surface area contributed by atoms with Crippen LogP contribution in [0, 0.1) is 5.92 Å². The summed E-state index contributed by atoms with van der Waals surface area (Å²) in [7, 11) is 4.19. The van der Waals surface area contributed by atoms with E-state index in [1.54, 1.807) is 4.90 Å². The number of hydrogen-bond donors (Lipinski definition) is 2. The van der Waals surface area contributed by atoms with Gasteiger partial charge in [-0.25, -0.2) is 4.79 Å². The molecule has 0 aliphatic heterocycles. The lowest BCUT2D eigenvalue weighted by Gasteiger charge is -2.35. The van der Waals surface area contributed by atoms with Gasteiger partial charge in [0, 0.05) is 25.7 Å². The summed E-state index contributed by atoms with van der Waals surface area (Å²) in [5.41, 5.74) is 0. The van der Waals surface area contributed by atoms with E-state index in [4.69, 9.17) is 5.11 Å². The Morgan fingerprint density at radius 1 is 1.30 bits per heavy atom. The lowest BCUT2D eigenvalue weighted by atomic mass is 9.83. The molecule has 20 heavy (non-hydrogen) atoms. The molecule has 0 aromatic rings. The summed E-state index contributed by atoms with van der Waals surface area (Å²) in [6.45, 7) is 3.67. The second kappa shape index (κ2) is 9.19. The van der Waals surface area contributed by atoms with Crippen LogP contribution in [0.5, 0.6) is 0 Å². The van der Waals surface area contributed by atoms with E-state index in [2.05, 4.69) is 24.3 Å². The number of nitrogens with zero attached hydrogens (tertiary/aromatic N) is 2. The number of likely N-dealkylation sites (N-methyl/N-ethyl adjacent to an activating group) is 2. The van der Waals surface area contributed by atoms with Crippen molar-refractivity contribution in [3.05, 3.63) is 0 Å². The summed E-state index contributed by atoms with van der Waals surface area (Å²) in [6.07, 6.45) is 6.52. The van der Waals surface area contributed by atoms with Crippen LogP contribution in [-0.2, 0) is 0 Å². The minimum atomic E-state index is -0.0655. The molecular weight excluding hydrogens is 254 g/mol. The Labute approximate surface area is 123 Å². The maximum Gasteiger partial charge on any atom is 0.317 e. The number of carbonyl (C=O) groups excluding carboxylic acids is 1. The smallest absolute Gasteiger partial charge is 0.317 e. The normalized spacial score (nSPS) is 18.1. The van der Waals surface area contributed by atoms with E-state index in [0.29, 0.717) is 31.6 Å². The Morgan fingerprint density at radius 3 is 2.45 bits per heavy atom. The minimum Gasteiger partial charge on any atom is -0.395 e. The van der Waals surface area contributed by atoms with Gasteiger partial charge in [-0.2, -0.15) is 0 Å². The molecule has 0 spiro atoms. The highest BCUT2D eigenvalue weighted by atomic mass is 16.3. The molecule has 2 amide bonds. The average molecular weight is 285 g/mol. The highest BCUT2D eigenvalue weighted by Gasteiger charge is 2.26. The highest BCUT2D eigenvalue weighted by Crippen LogP contribution is 2.28. The molecule has 1 aliphatic rings. The van der Waals surface area contributed by atoms with Crippen molar-refractivity contribution in [1.29, 1.82) is 0 Å². The maximum atomic E-state index is 12.1. The first-order valence-electron chi connectivity index (χ1n) is 7.90. The van der Waals surface area contributed by atoms with Crippen LogP contribution in [0.1, 0.15) is 39.0 Å². The average Bonchev–Trinajstić information content (AvgIpc) is 2.45. The zero-order valence-corrected chi connectivity index (χ0v) is 13.3. The Bertz CT molecular complexity index is 278. The first-order valence-corrected chi connectivity index (χ1v) is 7.90. The van der Waals surface area contributed by atoms with Gasteiger partial charge in [0.15, 0.2) is 0 Å². The van der Waals surface area contributed by atoms with E-state index in [1.807, 2.05) is 6.92 Å². The quantitative estimate of drug-likeness (QED) is 0.746.